The van der Waals surface area contributed by atoms with E-state index in [0.717, 1.165) is 44.8 Å². The summed E-state index contributed by atoms with van der Waals surface area (Å²) in [4.78, 5) is 29.9. The number of rotatable bonds is 11. The molecule has 4 N–H and O–H groups in total. The number of morpholine rings is 1. The van der Waals surface area contributed by atoms with Gasteiger partial charge in [0.15, 0.2) is 0 Å². The number of urea groups is 1. The molecular weight excluding hydrogens is 497 g/mol. The third-order valence-electron chi connectivity index (χ3n) is 6.72. The molecule has 0 atom stereocenters. The Morgan fingerprint density at radius 3 is 2.44 bits per heavy atom. The standard InChI is InChI=1S/C30H36FN5O3/c31-26-7-2-1-6-24(26)14-15-33-30(38)36(17-5-16-35-18-20-39-21-19-35)22-23-10-12-25(13-11-23)29(37)34-28-9-4-3-8-27(28)32/h1-4,6-13H,5,14-22,32H2,(H,33,38)(H,34,37). The van der Waals surface area contributed by atoms with Crippen molar-refractivity contribution in [3.8, 4) is 0 Å². The summed E-state index contributed by atoms with van der Waals surface area (Å²) in [5.41, 5.74) is 8.96. The van der Waals surface area contributed by atoms with Gasteiger partial charge in [-0.2, -0.15) is 0 Å². The second-order valence-electron chi connectivity index (χ2n) is 9.54. The van der Waals surface area contributed by atoms with Gasteiger partial charge in [-0.15, -0.1) is 0 Å². The Kier molecular flexibility index (Phi) is 10.3. The lowest BCUT2D eigenvalue weighted by Crippen LogP contribution is -2.42. The molecule has 3 amide bonds. The molecule has 0 spiro atoms. The van der Waals surface area contributed by atoms with E-state index in [4.69, 9.17) is 10.5 Å². The van der Waals surface area contributed by atoms with Gasteiger partial charge in [-0.05, 0) is 54.3 Å². The lowest BCUT2D eigenvalue weighted by Gasteiger charge is -2.28. The Bertz CT molecular complexity index is 1230. The van der Waals surface area contributed by atoms with E-state index in [1.165, 1.54) is 6.07 Å². The maximum atomic E-state index is 14.0. The highest BCUT2D eigenvalue weighted by Crippen LogP contribution is 2.18. The normalized spacial score (nSPS) is 13.6. The van der Waals surface area contributed by atoms with Crippen molar-refractivity contribution in [3.05, 3.63) is 95.3 Å². The number of amides is 3. The van der Waals surface area contributed by atoms with Gasteiger partial charge < -0.3 is 26.0 Å². The van der Waals surface area contributed by atoms with Crippen molar-refractivity contribution in [2.45, 2.75) is 19.4 Å². The predicted molar refractivity (Wildman–Crippen MR) is 151 cm³/mol. The number of nitrogens with one attached hydrogen (secondary N) is 2. The zero-order valence-corrected chi connectivity index (χ0v) is 22.1. The molecule has 206 valence electrons. The third kappa shape index (κ3) is 8.53. The van der Waals surface area contributed by atoms with Gasteiger partial charge in [0.2, 0.25) is 0 Å². The number of para-hydroxylation sites is 2. The molecule has 1 aliphatic heterocycles. The van der Waals surface area contributed by atoms with Gasteiger partial charge in [-0.3, -0.25) is 9.69 Å². The predicted octanol–water partition coefficient (Wildman–Crippen LogP) is 4.14. The van der Waals surface area contributed by atoms with Crippen LogP contribution in [0, 0.1) is 5.82 Å². The van der Waals surface area contributed by atoms with E-state index in [9.17, 15) is 14.0 Å². The average molecular weight is 534 g/mol. The summed E-state index contributed by atoms with van der Waals surface area (Å²) in [6.07, 6.45) is 1.23. The molecule has 3 aromatic rings. The van der Waals surface area contributed by atoms with Crippen LogP contribution in [0.5, 0.6) is 0 Å². The fourth-order valence-electron chi connectivity index (χ4n) is 4.47. The van der Waals surface area contributed by atoms with Crippen molar-refractivity contribution in [1.82, 2.24) is 15.1 Å². The molecule has 0 unspecified atom stereocenters. The minimum Gasteiger partial charge on any atom is -0.397 e. The highest BCUT2D eigenvalue weighted by molar-refractivity contribution is 6.05. The Morgan fingerprint density at radius 2 is 1.69 bits per heavy atom. The molecule has 8 nitrogen and oxygen atoms in total. The number of halogens is 1. The SMILES string of the molecule is Nc1ccccc1NC(=O)c1ccc(CN(CCCN2CCOCC2)C(=O)NCCc2ccccc2F)cc1. The molecule has 0 saturated carbocycles. The zero-order valence-electron chi connectivity index (χ0n) is 22.1. The number of carbonyl (C=O) groups excluding carboxylic acids is 2. The van der Waals surface area contributed by atoms with Gasteiger partial charge in [-0.1, -0.05) is 42.5 Å². The highest BCUT2D eigenvalue weighted by atomic mass is 19.1. The number of ether oxygens (including phenoxy) is 1. The maximum absolute atomic E-state index is 14.0. The van der Waals surface area contributed by atoms with Crippen LogP contribution < -0.4 is 16.4 Å². The summed E-state index contributed by atoms with van der Waals surface area (Å²) in [5.74, 6) is -0.527. The number of carbonyl (C=O) groups is 2. The lowest BCUT2D eigenvalue weighted by molar-refractivity contribution is 0.0364. The minimum absolute atomic E-state index is 0.199. The van der Waals surface area contributed by atoms with Gasteiger partial charge in [-0.25, -0.2) is 9.18 Å². The molecule has 9 heteroatoms. The van der Waals surface area contributed by atoms with Gasteiger partial charge in [0.1, 0.15) is 5.82 Å². The topological polar surface area (TPSA) is 99.9 Å². The molecule has 39 heavy (non-hydrogen) atoms. The zero-order chi connectivity index (χ0) is 27.5. The first-order valence-corrected chi connectivity index (χ1v) is 13.3. The van der Waals surface area contributed by atoms with Crippen molar-refractivity contribution in [2.75, 3.05) is 57.0 Å². The van der Waals surface area contributed by atoms with E-state index in [-0.39, 0.29) is 17.8 Å². The van der Waals surface area contributed by atoms with Crippen LogP contribution in [0.2, 0.25) is 0 Å². The molecule has 0 radical (unpaired) electrons. The molecule has 0 bridgehead atoms. The van der Waals surface area contributed by atoms with E-state index in [0.29, 0.717) is 48.6 Å². The van der Waals surface area contributed by atoms with Gasteiger partial charge >= 0.3 is 6.03 Å². The van der Waals surface area contributed by atoms with Crippen LogP contribution in [-0.2, 0) is 17.7 Å². The number of nitrogens with zero attached hydrogens (tertiary/aromatic N) is 2. The van der Waals surface area contributed by atoms with Crippen molar-refractivity contribution < 1.29 is 18.7 Å². The second-order valence-corrected chi connectivity index (χ2v) is 9.54. The largest absolute Gasteiger partial charge is 0.397 e. The fourth-order valence-corrected chi connectivity index (χ4v) is 4.47. The van der Waals surface area contributed by atoms with Crippen molar-refractivity contribution in [2.24, 2.45) is 0 Å². The smallest absolute Gasteiger partial charge is 0.317 e. The molecule has 1 aliphatic rings. The Labute approximate surface area is 228 Å². The molecular formula is C30H36FN5O3. The highest BCUT2D eigenvalue weighted by Gasteiger charge is 2.17. The summed E-state index contributed by atoms with van der Waals surface area (Å²) in [7, 11) is 0. The minimum atomic E-state index is -0.270. The lowest BCUT2D eigenvalue weighted by atomic mass is 10.1. The van der Waals surface area contributed by atoms with Crippen LogP contribution in [0.15, 0.2) is 72.8 Å². The number of anilines is 2. The van der Waals surface area contributed by atoms with Crippen molar-refractivity contribution in [3.63, 3.8) is 0 Å². The number of nitrogen functional groups attached to an aromatic ring is 1. The van der Waals surface area contributed by atoms with E-state index in [2.05, 4.69) is 15.5 Å². The number of benzene rings is 3. The van der Waals surface area contributed by atoms with Crippen LogP contribution in [0.4, 0.5) is 20.6 Å². The van der Waals surface area contributed by atoms with E-state index >= 15 is 0 Å². The van der Waals surface area contributed by atoms with Crippen molar-refractivity contribution >= 4 is 23.3 Å². The van der Waals surface area contributed by atoms with Crippen LogP contribution in [0.1, 0.15) is 27.9 Å². The summed E-state index contributed by atoms with van der Waals surface area (Å²) in [5, 5.41) is 5.77. The third-order valence-corrected chi connectivity index (χ3v) is 6.72. The second kappa shape index (κ2) is 14.3. The Balaban J connectivity index is 1.35. The molecule has 4 rings (SSSR count). The first-order valence-electron chi connectivity index (χ1n) is 13.3. The van der Waals surface area contributed by atoms with Crippen molar-refractivity contribution in [1.29, 1.82) is 0 Å². The van der Waals surface area contributed by atoms with Gasteiger partial charge in [0, 0.05) is 44.8 Å². The summed E-state index contributed by atoms with van der Waals surface area (Å²) >= 11 is 0. The number of hydrogen-bond donors (Lipinski definition) is 3. The van der Waals surface area contributed by atoms with Crippen LogP contribution in [-0.4, -0.2) is 67.7 Å². The summed E-state index contributed by atoms with van der Waals surface area (Å²) in [6, 6.07) is 20.7. The van der Waals surface area contributed by atoms with E-state index in [1.54, 1.807) is 47.4 Å². The van der Waals surface area contributed by atoms with E-state index in [1.807, 2.05) is 24.3 Å². The first kappa shape index (κ1) is 28.1. The van der Waals surface area contributed by atoms with E-state index < -0.39 is 0 Å². The molecule has 1 fully saturated rings. The summed E-state index contributed by atoms with van der Waals surface area (Å²) in [6.45, 7) is 5.43. The number of nitrogens with two attached hydrogens (primary N) is 1. The van der Waals surface area contributed by atoms with Crippen LogP contribution >= 0.6 is 0 Å². The van der Waals surface area contributed by atoms with Gasteiger partial charge in [0.25, 0.3) is 5.91 Å². The maximum Gasteiger partial charge on any atom is 0.317 e. The number of hydrogen-bond acceptors (Lipinski definition) is 5. The van der Waals surface area contributed by atoms with Crippen LogP contribution in [0.25, 0.3) is 0 Å². The molecule has 1 saturated heterocycles. The average Bonchev–Trinajstić information content (AvgIpc) is 2.95. The fraction of sp³-hybridized carbons (Fsp3) is 0.333. The molecule has 0 aromatic heterocycles. The van der Waals surface area contributed by atoms with Gasteiger partial charge in [0.05, 0.1) is 24.6 Å². The Hall–Kier alpha value is -3.95. The molecule has 1 heterocycles. The first-order chi connectivity index (χ1) is 19.0. The molecule has 0 aliphatic carbocycles. The van der Waals surface area contributed by atoms with Crippen LogP contribution in [0.3, 0.4) is 0 Å². The molecule has 3 aromatic carbocycles. The summed E-state index contributed by atoms with van der Waals surface area (Å²) < 4.78 is 19.4. The quantitative estimate of drug-likeness (QED) is 0.322. The Morgan fingerprint density at radius 1 is 0.974 bits per heavy atom. The monoisotopic (exact) mass is 533 g/mol.